The number of nitro benzene ring substituents is 1. The van der Waals surface area contributed by atoms with E-state index in [1.807, 2.05) is 0 Å². The average Bonchev–Trinajstić information content (AvgIpc) is 2.78. The summed E-state index contributed by atoms with van der Waals surface area (Å²) in [5, 5.41) is 11.0. The number of nitrogens with two attached hydrogens (primary N) is 1. The molecule has 1 aliphatic rings. The molecule has 6 heteroatoms. The van der Waals surface area contributed by atoms with Crippen LogP contribution in [-0.2, 0) is 11.3 Å². The first kappa shape index (κ1) is 14.4. The number of hydrogen-bond donors (Lipinski definition) is 1. The zero-order valence-electron chi connectivity index (χ0n) is 10.6. The normalized spacial score (nSPS) is 17.6. The summed E-state index contributed by atoms with van der Waals surface area (Å²) in [6.45, 7) is 0.683. The molecule has 0 unspecified atom stereocenters. The van der Waals surface area contributed by atoms with Crippen molar-refractivity contribution < 1.29 is 9.66 Å². The van der Waals surface area contributed by atoms with E-state index in [1.165, 1.54) is 6.07 Å². The van der Waals surface area contributed by atoms with E-state index in [2.05, 4.69) is 15.9 Å². The van der Waals surface area contributed by atoms with Crippen LogP contribution in [0.3, 0.4) is 0 Å². The van der Waals surface area contributed by atoms with E-state index in [0.717, 1.165) is 25.7 Å². The lowest BCUT2D eigenvalue weighted by molar-refractivity contribution is -0.386. The lowest BCUT2D eigenvalue weighted by Gasteiger charge is -2.23. The van der Waals surface area contributed by atoms with E-state index in [1.54, 1.807) is 12.1 Å². The molecule has 1 aromatic carbocycles. The first-order valence-corrected chi connectivity index (χ1v) is 7.09. The lowest BCUT2D eigenvalue weighted by atomic mass is 10.0. The maximum atomic E-state index is 11.0. The summed E-state index contributed by atoms with van der Waals surface area (Å²) in [4.78, 5) is 10.6. The molecule has 2 rings (SSSR count). The van der Waals surface area contributed by atoms with Crippen LogP contribution in [0.1, 0.15) is 31.2 Å². The van der Waals surface area contributed by atoms with Crippen molar-refractivity contribution in [3.05, 3.63) is 38.3 Å². The van der Waals surface area contributed by atoms with Crippen molar-refractivity contribution in [2.45, 2.75) is 37.8 Å². The lowest BCUT2D eigenvalue weighted by Crippen LogP contribution is -2.41. The summed E-state index contributed by atoms with van der Waals surface area (Å²) in [5.74, 6) is 0. The molecule has 5 nitrogen and oxygen atoms in total. The van der Waals surface area contributed by atoms with Crippen LogP contribution in [0.4, 0.5) is 5.69 Å². The van der Waals surface area contributed by atoms with Crippen molar-refractivity contribution in [1.29, 1.82) is 0 Å². The highest BCUT2D eigenvalue weighted by atomic mass is 79.9. The number of halogens is 1. The Morgan fingerprint density at radius 2 is 2.11 bits per heavy atom. The highest BCUT2D eigenvalue weighted by Crippen LogP contribution is 2.28. The molecule has 0 amide bonds. The molecule has 1 aromatic rings. The molecule has 0 radical (unpaired) electrons. The number of ether oxygens (including phenoxy) is 1. The van der Waals surface area contributed by atoms with Crippen molar-refractivity contribution in [1.82, 2.24) is 0 Å². The van der Waals surface area contributed by atoms with E-state index >= 15 is 0 Å². The molecular formula is C13H17BrN2O3. The van der Waals surface area contributed by atoms with Crippen LogP contribution in [0.2, 0.25) is 0 Å². The zero-order valence-corrected chi connectivity index (χ0v) is 12.2. The predicted octanol–water partition coefficient (Wildman–Crippen LogP) is 3.15. The maximum Gasteiger partial charge on any atom is 0.276 e. The van der Waals surface area contributed by atoms with Crippen LogP contribution < -0.4 is 5.73 Å². The molecule has 0 saturated heterocycles. The van der Waals surface area contributed by atoms with E-state index in [0.29, 0.717) is 16.6 Å². The predicted molar refractivity (Wildman–Crippen MR) is 75.8 cm³/mol. The second kappa shape index (κ2) is 5.98. The highest BCUT2D eigenvalue weighted by molar-refractivity contribution is 9.10. The Labute approximate surface area is 120 Å². The first-order chi connectivity index (χ1) is 9.00. The molecule has 0 spiro atoms. The minimum Gasteiger partial charge on any atom is -0.375 e. The van der Waals surface area contributed by atoms with Gasteiger partial charge in [-0.2, -0.15) is 0 Å². The molecule has 0 heterocycles. The van der Waals surface area contributed by atoms with Gasteiger partial charge in [0.25, 0.3) is 5.69 Å². The Hall–Kier alpha value is -0.980. The SMILES string of the molecule is NC1(COCc2ccc(Br)cc2[N+](=O)[O-])CCCC1. The van der Waals surface area contributed by atoms with Gasteiger partial charge in [0.05, 0.1) is 23.7 Å². The van der Waals surface area contributed by atoms with E-state index in [-0.39, 0.29) is 17.8 Å². The number of nitro groups is 1. The number of nitrogens with zero attached hydrogens (tertiary/aromatic N) is 1. The van der Waals surface area contributed by atoms with Crippen molar-refractivity contribution in [2.75, 3.05) is 6.61 Å². The quantitative estimate of drug-likeness (QED) is 0.665. The van der Waals surface area contributed by atoms with E-state index in [9.17, 15) is 10.1 Å². The molecule has 1 saturated carbocycles. The van der Waals surface area contributed by atoms with Gasteiger partial charge < -0.3 is 10.5 Å². The van der Waals surface area contributed by atoms with Gasteiger partial charge in [-0.05, 0) is 25.0 Å². The van der Waals surface area contributed by atoms with Crippen molar-refractivity contribution in [3.8, 4) is 0 Å². The third-order valence-electron chi connectivity index (χ3n) is 3.49. The third-order valence-corrected chi connectivity index (χ3v) is 3.98. The molecule has 1 fully saturated rings. The molecular weight excluding hydrogens is 312 g/mol. The minimum atomic E-state index is -0.392. The maximum absolute atomic E-state index is 11.0. The zero-order chi connectivity index (χ0) is 13.9. The van der Waals surface area contributed by atoms with Gasteiger partial charge >= 0.3 is 0 Å². The molecule has 0 aliphatic heterocycles. The van der Waals surface area contributed by atoms with Gasteiger partial charge in [-0.1, -0.05) is 28.8 Å². The van der Waals surface area contributed by atoms with Crippen LogP contribution in [0.25, 0.3) is 0 Å². The van der Waals surface area contributed by atoms with Crippen LogP contribution in [0.15, 0.2) is 22.7 Å². The summed E-state index contributed by atoms with van der Waals surface area (Å²) < 4.78 is 6.28. The van der Waals surface area contributed by atoms with Gasteiger partial charge in [-0.3, -0.25) is 10.1 Å². The number of benzene rings is 1. The van der Waals surface area contributed by atoms with Crippen molar-refractivity contribution >= 4 is 21.6 Å². The van der Waals surface area contributed by atoms with Gasteiger partial charge in [0, 0.05) is 16.1 Å². The van der Waals surface area contributed by atoms with Crippen molar-refractivity contribution in [2.24, 2.45) is 5.73 Å². The van der Waals surface area contributed by atoms with E-state index in [4.69, 9.17) is 10.5 Å². The fourth-order valence-corrected chi connectivity index (χ4v) is 2.77. The van der Waals surface area contributed by atoms with Crippen LogP contribution in [-0.4, -0.2) is 17.1 Å². The Morgan fingerprint density at radius 3 is 2.74 bits per heavy atom. The Morgan fingerprint density at radius 1 is 1.42 bits per heavy atom. The fourth-order valence-electron chi connectivity index (χ4n) is 2.42. The standard InChI is InChI=1S/C13H17BrN2O3/c14-11-4-3-10(12(7-11)16(17)18)8-19-9-13(15)5-1-2-6-13/h3-4,7H,1-2,5-6,8-9,15H2. The fraction of sp³-hybridized carbons (Fsp3) is 0.538. The van der Waals surface area contributed by atoms with Crippen LogP contribution >= 0.6 is 15.9 Å². The number of hydrogen-bond acceptors (Lipinski definition) is 4. The first-order valence-electron chi connectivity index (χ1n) is 6.30. The summed E-state index contributed by atoms with van der Waals surface area (Å²) in [7, 11) is 0. The third kappa shape index (κ3) is 3.75. The monoisotopic (exact) mass is 328 g/mol. The number of rotatable bonds is 5. The highest BCUT2D eigenvalue weighted by Gasteiger charge is 2.29. The summed E-state index contributed by atoms with van der Waals surface area (Å²) in [6.07, 6.45) is 4.21. The molecule has 0 atom stereocenters. The summed E-state index contributed by atoms with van der Waals surface area (Å²) in [5.41, 5.74) is 6.59. The molecule has 0 bridgehead atoms. The smallest absolute Gasteiger partial charge is 0.276 e. The van der Waals surface area contributed by atoms with E-state index < -0.39 is 4.92 Å². The van der Waals surface area contributed by atoms with Crippen LogP contribution in [0, 0.1) is 10.1 Å². The van der Waals surface area contributed by atoms with Gasteiger partial charge in [-0.15, -0.1) is 0 Å². The summed E-state index contributed by atoms with van der Waals surface area (Å²) >= 11 is 3.23. The molecule has 1 aliphatic carbocycles. The Kier molecular flexibility index (Phi) is 4.54. The molecule has 2 N–H and O–H groups in total. The van der Waals surface area contributed by atoms with Gasteiger partial charge in [-0.25, -0.2) is 0 Å². The van der Waals surface area contributed by atoms with Gasteiger partial charge in [0.1, 0.15) is 0 Å². The second-order valence-electron chi connectivity index (χ2n) is 5.09. The average molecular weight is 329 g/mol. The molecule has 0 aromatic heterocycles. The Balaban J connectivity index is 1.97. The molecule has 19 heavy (non-hydrogen) atoms. The second-order valence-corrected chi connectivity index (χ2v) is 6.01. The topological polar surface area (TPSA) is 78.4 Å². The van der Waals surface area contributed by atoms with Gasteiger partial charge in [0.15, 0.2) is 0 Å². The van der Waals surface area contributed by atoms with Crippen LogP contribution in [0.5, 0.6) is 0 Å². The largest absolute Gasteiger partial charge is 0.375 e. The summed E-state index contributed by atoms with van der Waals surface area (Å²) in [6, 6.07) is 4.98. The Bertz CT molecular complexity index is 473. The van der Waals surface area contributed by atoms with Crippen molar-refractivity contribution in [3.63, 3.8) is 0 Å². The molecule has 104 valence electrons. The van der Waals surface area contributed by atoms with Gasteiger partial charge in [0.2, 0.25) is 0 Å². The minimum absolute atomic E-state index is 0.0758.